The van der Waals surface area contributed by atoms with Crippen LogP contribution in [0.1, 0.15) is 43.0 Å². The Kier molecular flexibility index (Phi) is 4.65. The predicted molar refractivity (Wildman–Crippen MR) is 90.4 cm³/mol. The van der Waals surface area contributed by atoms with Crippen LogP contribution in [0.3, 0.4) is 0 Å². The van der Waals surface area contributed by atoms with Gasteiger partial charge in [0.05, 0.1) is 25.3 Å². The van der Waals surface area contributed by atoms with Gasteiger partial charge in [-0.15, -0.1) is 0 Å². The van der Waals surface area contributed by atoms with Gasteiger partial charge in [-0.3, -0.25) is 0 Å². The number of rotatable bonds is 2. The van der Waals surface area contributed by atoms with E-state index in [-0.39, 0.29) is 11.9 Å². The van der Waals surface area contributed by atoms with Crippen molar-refractivity contribution < 1.29 is 19.1 Å². The fraction of sp³-hybridized carbons (Fsp3) is 0.300. The molecule has 4 heteroatoms. The van der Waals surface area contributed by atoms with Crippen molar-refractivity contribution in [3.63, 3.8) is 0 Å². The average Bonchev–Trinajstić information content (AvgIpc) is 2.62. The van der Waals surface area contributed by atoms with Crippen molar-refractivity contribution in [1.82, 2.24) is 0 Å². The standard InChI is InChI=1S/C20H20O4/c1-23-19(21)17-11-13-3-4-14-6-8-16(10-9-15(17)7-5-13)18(12-14)20(22)24-2/h5-8,11-12H,3-4,9-10H2,1-2H3. The van der Waals surface area contributed by atoms with Crippen molar-refractivity contribution >= 4 is 11.9 Å². The molecule has 6 rings (SSSR count). The van der Waals surface area contributed by atoms with Crippen molar-refractivity contribution in [2.45, 2.75) is 25.7 Å². The van der Waals surface area contributed by atoms with Crippen LogP contribution in [0.15, 0.2) is 36.4 Å². The maximum Gasteiger partial charge on any atom is 0.338 e. The van der Waals surface area contributed by atoms with Gasteiger partial charge in [0.25, 0.3) is 0 Å². The van der Waals surface area contributed by atoms with Gasteiger partial charge in [-0.05, 0) is 60.1 Å². The number of hydrogen-bond donors (Lipinski definition) is 0. The molecule has 0 saturated heterocycles. The molecule has 0 N–H and O–H groups in total. The van der Waals surface area contributed by atoms with Crippen LogP contribution >= 0.6 is 0 Å². The van der Waals surface area contributed by atoms with E-state index < -0.39 is 0 Å². The second-order valence-electron chi connectivity index (χ2n) is 5.97. The molecule has 0 aliphatic heterocycles. The third-order valence-corrected chi connectivity index (χ3v) is 4.53. The van der Waals surface area contributed by atoms with Crippen LogP contribution in [0.25, 0.3) is 0 Å². The quantitative estimate of drug-likeness (QED) is 0.796. The molecule has 0 saturated carbocycles. The van der Waals surface area contributed by atoms with Gasteiger partial charge in [0.2, 0.25) is 0 Å². The lowest BCUT2D eigenvalue weighted by Crippen LogP contribution is -2.11. The molecule has 4 aliphatic rings. The molecule has 0 radical (unpaired) electrons. The van der Waals surface area contributed by atoms with E-state index in [0.717, 1.165) is 35.1 Å². The lowest BCUT2D eigenvalue weighted by Gasteiger charge is -2.15. The van der Waals surface area contributed by atoms with Crippen LogP contribution in [0.2, 0.25) is 0 Å². The zero-order chi connectivity index (χ0) is 17.1. The van der Waals surface area contributed by atoms with Crippen LogP contribution in [0.5, 0.6) is 0 Å². The second-order valence-corrected chi connectivity index (χ2v) is 5.97. The zero-order valence-electron chi connectivity index (χ0n) is 13.9. The first kappa shape index (κ1) is 16.2. The molecule has 4 nitrogen and oxygen atoms in total. The first-order valence-electron chi connectivity index (χ1n) is 8.02. The van der Waals surface area contributed by atoms with E-state index in [9.17, 15) is 9.59 Å². The van der Waals surface area contributed by atoms with Crippen LogP contribution in [-0.2, 0) is 35.2 Å². The molecule has 0 amide bonds. The van der Waals surface area contributed by atoms with E-state index in [1.54, 1.807) is 0 Å². The van der Waals surface area contributed by atoms with Gasteiger partial charge in [-0.2, -0.15) is 0 Å². The summed E-state index contributed by atoms with van der Waals surface area (Å²) >= 11 is 0. The summed E-state index contributed by atoms with van der Waals surface area (Å²) in [5.41, 5.74) is 5.28. The van der Waals surface area contributed by atoms with Crippen molar-refractivity contribution in [3.8, 4) is 0 Å². The minimum Gasteiger partial charge on any atom is -0.465 e. The molecule has 124 valence electrons. The van der Waals surface area contributed by atoms with Crippen LogP contribution in [0, 0.1) is 0 Å². The Bertz CT molecular complexity index is 725. The van der Waals surface area contributed by atoms with Crippen LogP contribution in [0.4, 0.5) is 0 Å². The smallest absolute Gasteiger partial charge is 0.338 e. The molecule has 0 heterocycles. The highest BCUT2D eigenvalue weighted by molar-refractivity contribution is 5.92. The Morgan fingerprint density at radius 2 is 1.12 bits per heavy atom. The SMILES string of the molecule is COC(=O)c1cc2ccc1CCc1ccc(cc1C(=O)OC)CC2. The molecule has 0 unspecified atom stereocenters. The highest BCUT2D eigenvalue weighted by Gasteiger charge is 2.17. The molecule has 4 bridgehead atoms. The molecular weight excluding hydrogens is 304 g/mol. The monoisotopic (exact) mass is 324 g/mol. The summed E-state index contributed by atoms with van der Waals surface area (Å²) in [5, 5.41) is 0. The minimum absolute atomic E-state index is 0.314. The maximum absolute atomic E-state index is 12.1. The molecule has 2 aromatic rings. The number of esters is 2. The van der Waals surface area contributed by atoms with Gasteiger partial charge in [0.1, 0.15) is 0 Å². The number of carbonyl (C=O) groups excluding carboxylic acids is 2. The number of benzene rings is 2. The Morgan fingerprint density at radius 1 is 0.708 bits per heavy atom. The normalized spacial score (nSPS) is 13.1. The van der Waals surface area contributed by atoms with E-state index in [1.165, 1.54) is 14.2 Å². The van der Waals surface area contributed by atoms with Gasteiger partial charge in [0, 0.05) is 0 Å². The number of aryl methyl sites for hydroxylation is 4. The van der Waals surface area contributed by atoms with E-state index in [0.29, 0.717) is 24.0 Å². The molecule has 0 fully saturated rings. The van der Waals surface area contributed by atoms with E-state index in [2.05, 4.69) is 12.1 Å². The summed E-state index contributed by atoms with van der Waals surface area (Å²) in [6.07, 6.45) is 2.91. The number of carbonyl (C=O) groups is 2. The fourth-order valence-corrected chi connectivity index (χ4v) is 3.15. The lowest BCUT2D eigenvalue weighted by atomic mass is 9.91. The van der Waals surface area contributed by atoms with E-state index >= 15 is 0 Å². The third-order valence-electron chi connectivity index (χ3n) is 4.53. The molecule has 0 spiro atoms. The van der Waals surface area contributed by atoms with Crippen molar-refractivity contribution in [3.05, 3.63) is 69.8 Å². The minimum atomic E-state index is -0.314. The van der Waals surface area contributed by atoms with Crippen molar-refractivity contribution in [1.29, 1.82) is 0 Å². The first-order valence-corrected chi connectivity index (χ1v) is 8.02. The summed E-state index contributed by atoms with van der Waals surface area (Å²) in [5.74, 6) is -0.628. The van der Waals surface area contributed by atoms with Crippen LogP contribution < -0.4 is 0 Å². The topological polar surface area (TPSA) is 52.6 Å². The highest BCUT2D eigenvalue weighted by Crippen LogP contribution is 2.22. The van der Waals surface area contributed by atoms with E-state index in [4.69, 9.17) is 9.47 Å². The Morgan fingerprint density at radius 3 is 1.50 bits per heavy atom. The summed E-state index contributed by atoms with van der Waals surface area (Å²) in [6, 6.07) is 12.0. The lowest BCUT2D eigenvalue weighted by molar-refractivity contribution is 0.0589. The predicted octanol–water partition coefficient (Wildman–Crippen LogP) is 3.14. The molecule has 0 aromatic heterocycles. The number of methoxy groups -OCH3 is 2. The molecule has 0 atom stereocenters. The largest absolute Gasteiger partial charge is 0.465 e. The van der Waals surface area contributed by atoms with Crippen LogP contribution in [-0.4, -0.2) is 26.2 Å². The van der Waals surface area contributed by atoms with Crippen molar-refractivity contribution in [2.75, 3.05) is 14.2 Å². The molecular formula is C20H20O4. The first-order chi connectivity index (χ1) is 11.6. The van der Waals surface area contributed by atoms with Crippen molar-refractivity contribution in [2.24, 2.45) is 0 Å². The summed E-state index contributed by atoms with van der Waals surface area (Å²) in [6.45, 7) is 0. The highest BCUT2D eigenvalue weighted by atomic mass is 16.5. The Balaban J connectivity index is 2.04. The van der Waals surface area contributed by atoms with Gasteiger partial charge < -0.3 is 9.47 Å². The summed E-state index contributed by atoms with van der Waals surface area (Å²) < 4.78 is 9.84. The Hall–Kier alpha value is -2.62. The summed E-state index contributed by atoms with van der Waals surface area (Å²) in [7, 11) is 2.80. The molecule has 4 aliphatic carbocycles. The average molecular weight is 324 g/mol. The fourth-order valence-electron chi connectivity index (χ4n) is 3.15. The van der Waals surface area contributed by atoms with Gasteiger partial charge in [0.15, 0.2) is 0 Å². The van der Waals surface area contributed by atoms with Gasteiger partial charge in [-0.25, -0.2) is 9.59 Å². The van der Waals surface area contributed by atoms with Gasteiger partial charge in [-0.1, -0.05) is 24.3 Å². The van der Waals surface area contributed by atoms with Gasteiger partial charge >= 0.3 is 11.9 Å². The Labute approximate surface area is 141 Å². The molecule has 2 aromatic carbocycles. The zero-order valence-corrected chi connectivity index (χ0v) is 13.9. The summed E-state index contributed by atoms with van der Waals surface area (Å²) in [4.78, 5) is 24.2. The maximum atomic E-state index is 12.1. The number of hydrogen-bond acceptors (Lipinski definition) is 4. The molecule has 24 heavy (non-hydrogen) atoms. The second kappa shape index (κ2) is 6.87. The number of ether oxygens (including phenoxy) is 2. The van der Waals surface area contributed by atoms with E-state index in [1.807, 2.05) is 24.3 Å². The third kappa shape index (κ3) is 3.18.